The lowest BCUT2D eigenvalue weighted by molar-refractivity contribution is 0.0742. The van der Waals surface area contributed by atoms with Gasteiger partial charge >= 0.3 is 0 Å². The zero-order valence-electron chi connectivity index (χ0n) is 14.0. The minimum absolute atomic E-state index is 0.0630. The molecule has 23 heavy (non-hydrogen) atoms. The van der Waals surface area contributed by atoms with E-state index in [9.17, 15) is 4.79 Å². The molecule has 0 bridgehead atoms. The van der Waals surface area contributed by atoms with Gasteiger partial charge in [0.05, 0.1) is 5.56 Å². The van der Waals surface area contributed by atoms with Crippen molar-refractivity contribution in [3.05, 3.63) is 66.0 Å². The highest BCUT2D eigenvalue weighted by atomic mass is 16.2. The molecule has 1 amide bonds. The van der Waals surface area contributed by atoms with Crippen LogP contribution in [0.5, 0.6) is 0 Å². The van der Waals surface area contributed by atoms with Crippen LogP contribution in [0.3, 0.4) is 0 Å². The van der Waals surface area contributed by atoms with Crippen LogP contribution >= 0.6 is 0 Å². The minimum atomic E-state index is 0.0630. The quantitative estimate of drug-likeness (QED) is 0.752. The molecular formula is C19H25N3O. The fourth-order valence-corrected chi connectivity index (χ4v) is 2.43. The molecule has 4 nitrogen and oxygen atoms in total. The molecular weight excluding hydrogens is 286 g/mol. The molecule has 1 aromatic carbocycles. The predicted octanol–water partition coefficient (Wildman–Crippen LogP) is 2.72. The molecule has 0 spiro atoms. The van der Waals surface area contributed by atoms with Crippen LogP contribution in [0.15, 0.2) is 54.9 Å². The number of benzene rings is 1. The smallest absolute Gasteiger partial charge is 0.255 e. The number of likely N-dealkylation sites (N-methyl/N-ethyl adjacent to an activating group) is 1. The zero-order chi connectivity index (χ0) is 16.5. The maximum absolute atomic E-state index is 12.7. The van der Waals surface area contributed by atoms with E-state index in [0.717, 1.165) is 32.5 Å². The third-order valence-corrected chi connectivity index (χ3v) is 3.75. The first-order chi connectivity index (χ1) is 11.2. The summed E-state index contributed by atoms with van der Waals surface area (Å²) in [6.07, 6.45) is 5.28. The Balaban J connectivity index is 1.95. The SMILES string of the molecule is CN(C)CCN(CCCc1ccccc1)C(=O)c1cccnc1. The number of amides is 1. The number of pyridine rings is 1. The number of hydrogen-bond donors (Lipinski definition) is 0. The van der Waals surface area contributed by atoms with E-state index < -0.39 is 0 Å². The first kappa shape index (κ1) is 17.2. The van der Waals surface area contributed by atoms with E-state index >= 15 is 0 Å². The van der Waals surface area contributed by atoms with Gasteiger partial charge in [-0.05, 0) is 44.6 Å². The average Bonchev–Trinajstić information content (AvgIpc) is 2.59. The third-order valence-electron chi connectivity index (χ3n) is 3.75. The van der Waals surface area contributed by atoms with Crippen LogP contribution in [0.2, 0.25) is 0 Å². The average molecular weight is 311 g/mol. The van der Waals surface area contributed by atoms with E-state index in [4.69, 9.17) is 0 Å². The van der Waals surface area contributed by atoms with Crippen LogP contribution in [0.4, 0.5) is 0 Å². The lowest BCUT2D eigenvalue weighted by atomic mass is 10.1. The molecule has 0 saturated carbocycles. The Morgan fingerprint density at radius 3 is 2.43 bits per heavy atom. The van der Waals surface area contributed by atoms with E-state index in [0.29, 0.717) is 5.56 Å². The van der Waals surface area contributed by atoms with Crippen LogP contribution < -0.4 is 0 Å². The van der Waals surface area contributed by atoms with Gasteiger partial charge in [-0.3, -0.25) is 9.78 Å². The van der Waals surface area contributed by atoms with Gasteiger partial charge < -0.3 is 9.80 Å². The molecule has 2 rings (SSSR count). The summed E-state index contributed by atoms with van der Waals surface area (Å²) in [6.45, 7) is 2.35. The van der Waals surface area contributed by atoms with E-state index in [1.807, 2.05) is 31.1 Å². The highest BCUT2D eigenvalue weighted by Gasteiger charge is 2.15. The van der Waals surface area contributed by atoms with E-state index in [-0.39, 0.29) is 5.91 Å². The Morgan fingerprint density at radius 2 is 1.78 bits per heavy atom. The summed E-state index contributed by atoms with van der Waals surface area (Å²) in [6, 6.07) is 14.0. The largest absolute Gasteiger partial charge is 0.337 e. The summed E-state index contributed by atoms with van der Waals surface area (Å²) in [7, 11) is 4.05. The van der Waals surface area contributed by atoms with Crippen molar-refractivity contribution in [2.75, 3.05) is 33.7 Å². The monoisotopic (exact) mass is 311 g/mol. The molecule has 0 unspecified atom stereocenters. The van der Waals surface area contributed by atoms with Crippen molar-refractivity contribution >= 4 is 5.91 Å². The van der Waals surface area contributed by atoms with Crippen molar-refractivity contribution < 1.29 is 4.79 Å². The summed E-state index contributed by atoms with van der Waals surface area (Å²) in [4.78, 5) is 20.7. The fraction of sp³-hybridized carbons (Fsp3) is 0.368. The highest BCUT2D eigenvalue weighted by Crippen LogP contribution is 2.07. The number of rotatable bonds is 8. The molecule has 2 aromatic rings. The Labute approximate surface area is 138 Å². The third kappa shape index (κ3) is 5.83. The maximum atomic E-state index is 12.7. The second kappa shape index (κ2) is 9.06. The summed E-state index contributed by atoms with van der Waals surface area (Å²) in [5, 5.41) is 0. The van der Waals surface area contributed by atoms with Crippen molar-refractivity contribution in [3.8, 4) is 0 Å². The normalized spacial score (nSPS) is 10.7. The molecule has 0 aliphatic carbocycles. The molecule has 0 aliphatic rings. The maximum Gasteiger partial charge on any atom is 0.255 e. The van der Waals surface area contributed by atoms with Crippen molar-refractivity contribution in [3.63, 3.8) is 0 Å². The predicted molar refractivity (Wildman–Crippen MR) is 93.5 cm³/mol. The zero-order valence-corrected chi connectivity index (χ0v) is 14.0. The number of nitrogens with zero attached hydrogens (tertiary/aromatic N) is 3. The van der Waals surface area contributed by atoms with Crippen LogP contribution in [0.1, 0.15) is 22.3 Å². The first-order valence-electron chi connectivity index (χ1n) is 8.05. The van der Waals surface area contributed by atoms with Gasteiger partial charge in [0.25, 0.3) is 5.91 Å². The van der Waals surface area contributed by atoms with Crippen molar-refractivity contribution in [1.82, 2.24) is 14.8 Å². The minimum Gasteiger partial charge on any atom is -0.337 e. The van der Waals surface area contributed by atoms with Gasteiger partial charge in [-0.1, -0.05) is 30.3 Å². The van der Waals surface area contributed by atoms with E-state index in [1.54, 1.807) is 18.5 Å². The Kier molecular flexibility index (Phi) is 6.76. The summed E-state index contributed by atoms with van der Waals surface area (Å²) >= 11 is 0. The molecule has 0 radical (unpaired) electrons. The van der Waals surface area contributed by atoms with Crippen molar-refractivity contribution in [2.24, 2.45) is 0 Å². The standard InChI is InChI=1S/C19H25N3O/c1-21(2)14-15-22(19(23)18-11-6-12-20-16-18)13-7-10-17-8-4-3-5-9-17/h3-6,8-9,11-12,16H,7,10,13-15H2,1-2H3. The number of aromatic nitrogens is 1. The highest BCUT2D eigenvalue weighted by molar-refractivity contribution is 5.93. The number of aryl methyl sites for hydroxylation is 1. The molecule has 0 fully saturated rings. The molecule has 0 N–H and O–H groups in total. The van der Waals surface area contributed by atoms with Crippen LogP contribution in [-0.4, -0.2) is 54.4 Å². The topological polar surface area (TPSA) is 36.4 Å². The van der Waals surface area contributed by atoms with Crippen molar-refractivity contribution in [2.45, 2.75) is 12.8 Å². The summed E-state index contributed by atoms with van der Waals surface area (Å²) < 4.78 is 0. The van der Waals surface area contributed by atoms with Crippen molar-refractivity contribution in [1.29, 1.82) is 0 Å². The molecule has 0 atom stereocenters. The lowest BCUT2D eigenvalue weighted by Gasteiger charge is -2.24. The van der Waals surface area contributed by atoms with E-state index in [2.05, 4.69) is 34.1 Å². The van der Waals surface area contributed by atoms with Crippen LogP contribution in [-0.2, 0) is 6.42 Å². The number of hydrogen-bond acceptors (Lipinski definition) is 3. The van der Waals surface area contributed by atoms with Crippen LogP contribution in [0, 0.1) is 0 Å². The number of carbonyl (C=O) groups excluding carboxylic acids is 1. The molecule has 1 heterocycles. The molecule has 0 aliphatic heterocycles. The first-order valence-corrected chi connectivity index (χ1v) is 8.05. The molecule has 1 aromatic heterocycles. The summed E-state index contributed by atoms with van der Waals surface area (Å²) in [5.74, 6) is 0.0630. The second-order valence-corrected chi connectivity index (χ2v) is 5.93. The molecule has 0 saturated heterocycles. The van der Waals surface area contributed by atoms with Gasteiger partial charge in [-0.15, -0.1) is 0 Å². The van der Waals surface area contributed by atoms with Gasteiger partial charge in [-0.2, -0.15) is 0 Å². The Morgan fingerprint density at radius 1 is 1.00 bits per heavy atom. The van der Waals surface area contributed by atoms with Gasteiger partial charge in [0.2, 0.25) is 0 Å². The number of carbonyl (C=O) groups is 1. The van der Waals surface area contributed by atoms with Gasteiger partial charge in [0, 0.05) is 32.0 Å². The lowest BCUT2D eigenvalue weighted by Crippen LogP contribution is -2.37. The Bertz CT molecular complexity index is 584. The van der Waals surface area contributed by atoms with Crippen LogP contribution in [0.25, 0.3) is 0 Å². The van der Waals surface area contributed by atoms with Gasteiger partial charge in [-0.25, -0.2) is 0 Å². The summed E-state index contributed by atoms with van der Waals surface area (Å²) in [5.41, 5.74) is 1.97. The fourth-order valence-electron chi connectivity index (χ4n) is 2.43. The van der Waals surface area contributed by atoms with E-state index in [1.165, 1.54) is 5.56 Å². The Hall–Kier alpha value is -2.20. The molecule has 4 heteroatoms. The second-order valence-electron chi connectivity index (χ2n) is 5.93. The van der Waals surface area contributed by atoms with Gasteiger partial charge in [0.1, 0.15) is 0 Å². The molecule has 122 valence electrons. The van der Waals surface area contributed by atoms with Gasteiger partial charge in [0.15, 0.2) is 0 Å².